The van der Waals surface area contributed by atoms with Gasteiger partial charge in [-0.3, -0.25) is 0 Å². The summed E-state index contributed by atoms with van der Waals surface area (Å²) in [5.74, 6) is 0. The van der Waals surface area contributed by atoms with Crippen molar-refractivity contribution in [3.63, 3.8) is 0 Å². The Morgan fingerprint density at radius 3 is 1.86 bits per heavy atom. The highest BCUT2D eigenvalue weighted by Crippen LogP contribution is 1.82. The highest BCUT2D eigenvalue weighted by atomic mass is 28.4. The number of ether oxygens (including phenoxy) is 1. The standard InChI is InChI=1S/C2H8O4Si/c1-6-2-7(3,4)5/h3-5H,2H2,1H3. The Morgan fingerprint density at radius 1 is 1.43 bits per heavy atom. The highest BCUT2D eigenvalue weighted by molar-refractivity contribution is 6.56. The Kier molecular flexibility index (Phi) is 2.41. The van der Waals surface area contributed by atoms with Crippen molar-refractivity contribution in [2.24, 2.45) is 0 Å². The van der Waals surface area contributed by atoms with Crippen molar-refractivity contribution >= 4 is 8.80 Å². The molecule has 7 heavy (non-hydrogen) atoms. The van der Waals surface area contributed by atoms with E-state index in [0.29, 0.717) is 0 Å². The van der Waals surface area contributed by atoms with Crippen LogP contribution in [0.3, 0.4) is 0 Å². The van der Waals surface area contributed by atoms with Crippen LogP contribution in [-0.4, -0.2) is 36.5 Å². The summed E-state index contributed by atoms with van der Waals surface area (Å²) < 4.78 is 4.22. The molecule has 0 aromatic rings. The summed E-state index contributed by atoms with van der Waals surface area (Å²) in [6, 6.07) is 0. The second-order valence-electron chi connectivity index (χ2n) is 1.21. The van der Waals surface area contributed by atoms with E-state index >= 15 is 0 Å². The Hall–Kier alpha value is 0.0569. The zero-order valence-electron chi connectivity index (χ0n) is 3.96. The molecule has 0 saturated heterocycles. The molecular formula is C2H8O4Si. The molecule has 0 aliphatic carbocycles. The summed E-state index contributed by atoms with van der Waals surface area (Å²) in [6.45, 7) is 0. The van der Waals surface area contributed by atoms with Crippen LogP contribution in [0.15, 0.2) is 0 Å². The normalized spacial score (nSPS) is 12.0. The Labute approximate surface area is 42.4 Å². The minimum absolute atomic E-state index is 0.354. The molecule has 0 rings (SSSR count). The molecule has 0 spiro atoms. The molecule has 0 radical (unpaired) electrons. The summed E-state index contributed by atoms with van der Waals surface area (Å²) in [5, 5.41) is 0. The van der Waals surface area contributed by atoms with E-state index in [2.05, 4.69) is 4.74 Å². The van der Waals surface area contributed by atoms with Crippen molar-refractivity contribution < 1.29 is 19.1 Å². The third-order valence-corrected chi connectivity index (χ3v) is 1.01. The van der Waals surface area contributed by atoms with Crippen LogP contribution in [0.2, 0.25) is 0 Å². The lowest BCUT2D eigenvalue weighted by Crippen LogP contribution is -2.40. The van der Waals surface area contributed by atoms with E-state index in [-0.39, 0.29) is 6.23 Å². The molecule has 0 amide bonds. The van der Waals surface area contributed by atoms with Gasteiger partial charge in [0.25, 0.3) is 0 Å². The van der Waals surface area contributed by atoms with Gasteiger partial charge in [0, 0.05) is 7.11 Å². The van der Waals surface area contributed by atoms with Gasteiger partial charge in [0.05, 0.1) is 0 Å². The van der Waals surface area contributed by atoms with Gasteiger partial charge < -0.3 is 19.1 Å². The van der Waals surface area contributed by atoms with Crippen LogP contribution in [-0.2, 0) is 4.74 Å². The predicted octanol–water partition coefficient (Wildman–Crippen LogP) is -1.91. The Morgan fingerprint density at radius 2 is 1.86 bits per heavy atom. The molecule has 44 valence electrons. The van der Waals surface area contributed by atoms with Crippen LogP contribution in [0.4, 0.5) is 0 Å². The molecule has 0 aliphatic rings. The molecule has 0 saturated carbocycles. The zero-order valence-corrected chi connectivity index (χ0v) is 4.96. The monoisotopic (exact) mass is 124 g/mol. The van der Waals surface area contributed by atoms with Gasteiger partial charge in [-0.15, -0.1) is 0 Å². The van der Waals surface area contributed by atoms with Gasteiger partial charge in [0.1, 0.15) is 6.23 Å². The van der Waals surface area contributed by atoms with Crippen molar-refractivity contribution in [1.82, 2.24) is 0 Å². The molecule has 0 fully saturated rings. The van der Waals surface area contributed by atoms with Crippen molar-refractivity contribution in [1.29, 1.82) is 0 Å². The van der Waals surface area contributed by atoms with E-state index < -0.39 is 8.80 Å². The number of hydrogen-bond acceptors (Lipinski definition) is 4. The molecule has 0 aliphatic heterocycles. The van der Waals surface area contributed by atoms with E-state index in [0.717, 1.165) is 0 Å². The van der Waals surface area contributed by atoms with Gasteiger partial charge in [-0.2, -0.15) is 0 Å². The van der Waals surface area contributed by atoms with Crippen LogP contribution in [0.1, 0.15) is 0 Å². The zero-order chi connectivity index (χ0) is 5.91. The maximum Gasteiger partial charge on any atom is 0.519 e. The molecular weight excluding hydrogens is 116 g/mol. The minimum atomic E-state index is -3.88. The maximum atomic E-state index is 8.14. The van der Waals surface area contributed by atoms with Gasteiger partial charge in [-0.25, -0.2) is 0 Å². The molecule has 0 heterocycles. The minimum Gasteiger partial charge on any atom is -0.389 e. The van der Waals surface area contributed by atoms with Gasteiger partial charge in [0.15, 0.2) is 0 Å². The second kappa shape index (κ2) is 2.39. The van der Waals surface area contributed by atoms with Crippen molar-refractivity contribution in [3.05, 3.63) is 0 Å². The summed E-state index contributed by atoms with van der Waals surface area (Å²) in [5.41, 5.74) is 0. The molecule has 0 unspecified atom stereocenters. The maximum absolute atomic E-state index is 8.14. The summed E-state index contributed by atoms with van der Waals surface area (Å²) in [4.78, 5) is 24.4. The van der Waals surface area contributed by atoms with E-state index in [1.165, 1.54) is 7.11 Å². The largest absolute Gasteiger partial charge is 0.519 e. The molecule has 0 atom stereocenters. The second-order valence-corrected chi connectivity index (χ2v) is 3.04. The van der Waals surface area contributed by atoms with Gasteiger partial charge in [-0.05, 0) is 0 Å². The molecule has 5 heteroatoms. The summed E-state index contributed by atoms with van der Waals surface area (Å²) in [7, 11) is -2.60. The van der Waals surface area contributed by atoms with Crippen molar-refractivity contribution in [3.8, 4) is 0 Å². The first kappa shape index (κ1) is 7.06. The van der Waals surface area contributed by atoms with Crippen LogP contribution in [0.5, 0.6) is 0 Å². The topological polar surface area (TPSA) is 69.9 Å². The number of methoxy groups -OCH3 is 1. The van der Waals surface area contributed by atoms with Crippen LogP contribution in [0, 0.1) is 0 Å². The predicted molar refractivity (Wildman–Crippen MR) is 24.3 cm³/mol. The highest BCUT2D eigenvalue weighted by Gasteiger charge is 2.25. The van der Waals surface area contributed by atoms with Crippen LogP contribution >= 0.6 is 0 Å². The number of hydrogen-bond donors (Lipinski definition) is 3. The van der Waals surface area contributed by atoms with Crippen LogP contribution in [0.25, 0.3) is 0 Å². The van der Waals surface area contributed by atoms with Gasteiger partial charge >= 0.3 is 8.80 Å². The summed E-state index contributed by atoms with van der Waals surface area (Å²) in [6.07, 6.45) is -0.354. The van der Waals surface area contributed by atoms with E-state index in [4.69, 9.17) is 14.4 Å². The van der Waals surface area contributed by atoms with E-state index in [1.54, 1.807) is 0 Å². The average molecular weight is 124 g/mol. The first-order chi connectivity index (χ1) is 3.06. The van der Waals surface area contributed by atoms with Crippen molar-refractivity contribution in [2.75, 3.05) is 13.3 Å². The van der Waals surface area contributed by atoms with E-state index in [9.17, 15) is 0 Å². The van der Waals surface area contributed by atoms with Gasteiger partial charge in [0.2, 0.25) is 0 Å². The van der Waals surface area contributed by atoms with Crippen molar-refractivity contribution in [2.45, 2.75) is 0 Å². The SMILES string of the molecule is COC[Si](O)(O)O. The Balaban J connectivity index is 3.15. The smallest absolute Gasteiger partial charge is 0.389 e. The lowest BCUT2D eigenvalue weighted by atomic mass is 11.5. The fourth-order valence-electron chi connectivity index (χ4n) is 0.194. The molecule has 0 aromatic heterocycles. The Bertz CT molecular complexity index is 48.1. The lowest BCUT2D eigenvalue weighted by Gasteiger charge is -2.05. The third-order valence-electron chi connectivity index (χ3n) is 0.338. The van der Waals surface area contributed by atoms with E-state index in [1.807, 2.05) is 0 Å². The molecule has 3 N–H and O–H groups in total. The molecule has 4 nitrogen and oxygen atoms in total. The van der Waals surface area contributed by atoms with Crippen LogP contribution < -0.4 is 0 Å². The molecule has 0 bridgehead atoms. The fourth-order valence-corrected chi connectivity index (χ4v) is 0.581. The lowest BCUT2D eigenvalue weighted by molar-refractivity contribution is 0.143. The van der Waals surface area contributed by atoms with Gasteiger partial charge in [-0.1, -0.05) is 0 Å². The fraction of sp³-hybridized carbons (Fsp3) is 1.00. The summed E-state index contributed by atoms with van der Waals surface area (Å²) >= 11 is 0. The first-order valence-corrected chi connectivity index (χ1v) is 3.77. The first-order valence-electron chi connectivity index (χ1n) is 1.72. The third kappa shape index (κ3) is 6.06. The quantitative estimate of drug-likeness (QED) is 0.376. The number of rotatable bonds is 2. The average Bonchev–Trinajstić information content (AvgIpc) is 1.30. The molecule has 0 aromatic carbocycles.